The minimum Gasteiger partial charge on any atom is -0.495 e. The molecule has 0 saturated carbocycles. The third-order valence-electron chi connectivity index (χ3n) is 4.28. The Morgan fingerprint density at radius 2 is 1.87 bits per heavy atom. The van der Waals surface area contributed by atoms with Crippen LogP contribution in [0.25, 0.3) is 10.9 Å². The largest absolute Gasteiger partial charge is 0.495 e. The standard InChI is InChI=1S/C20H17F3N2O4S/c1-3-6-30(27,28)25-16-9-14(21)18(22)17(19(16)23)20(26)11-4-5-15-12(7-11)8-13(29-2)10-24-15/h4-5,7-10,25H,3,6H2,1-2H3. The minimum absolute atomic E-state index is 0.136. The number of nitrogens with one attached hydrogen (secondary N) is 1. The fourth-order valence-electron chi connectivity index (χ4n) is 2.87. The van der Waals surface area contributed by atoms with E-state index in [0.717, 1.165) is 0 Å². The predicted molar refractivity (Wildman–Crippen MR) is 106 cm³/mol. The van der Waals surface area contributed by atoms with Crippen molar-refractivity contribution in [3.8, 4) is 5.75 Å². The second-order valence-corrected chi connectivity index (χ2v) is 8.28. The molecule has 3 rings (SSSR count). The van der Waals surface area contributed by atoms with Crippen LogP contribution < -0.4 is 9.46 Å². The van der Waals surface area contributed by atoms with E-state index in [1.165, 1.54) is 31.5 Å². The maximum Gasteiger partial charge on any atom is 0.232 e. The van der Waals surface area contributed by atoms with Crippen molar-refractivity contribution < 1.29 is 31.1 Å². The summed E-state index contributed by atoms with van der Waals surface area (Å²) in [5, 5.41) is 0.460. The van der Waals surface area contributed by atoms with Crippen LogP contribution >= 0.6 is 0 Å². The molecule has 3 aromatic rings. The van der Waals surface area contributed by atoms with Crippen LogP contribution in [0.3, 0.4) is 0 Å². The predicted octanol–water partition coefficient (Wildman–Crippen LogP) is 4.04. The number of pyridine rings is 1. The molecule has 0 aliphatic rings. The van der Waals surface area contributed by atoms with Crippen LogP contribution in [0, 0.1) is 17.5 Å². The highest BCUT2D eigenvalue weighted by atomic mass is 32.2. The highest BCUT2D eigenvalue weighted by Crippen LogP contribution is 2.28. The first-order chi connectivity index (χ1) is 14.2. The monoisotopic (exact) mass is 438 g/mol. The number of ether oxygens (including phenoxy) is 1. The lowest BCUT2D eigenvalue weighted by Gasteiger charge is -2.12. The van der Waals surface area contributed by atoms with Gasteiger partial charge in [-0.1, -0.05) is 6.92 Å². The third kappa shape index (κ3) is 4.23. The Labute approximate surface area is 170 Å². The molecule has 1 aromatic heterocycles. The van der Waals surface area contributed by atoms with Crippen LogP contribution in [0.4, 0.5) is 18.9 Å². The molecule has 0 saturated heterocycles. The van der Waals surface area contributed by atoms with E-state index in [1.54, 1.807) is 13.0 Å². The second kappa shape index (κ2) is 8.31. The van der Waals surface area contributed by atoms with Gasteiger partial charge in [0.25, 0.3) is 0 Å². The maximum atomic E-state index is 14.9. The molecule has 1 N–H and O–H groups in total. The molecule has 158 valence electrons. The summed E-state index contributed by atoms with van der Waals surface area (Å²) in [6, 6.07) is 6.01. The first-order valence-electron chi connectivity index (χ1n) is 8.83. The number of rotatable bonds is 7. The quantitative estimate of drug-likeness (QED) is 0.445. The molecule has 0 unspecified atom stereocenters. The van der Waals surface area contributed by atoms with Gasteiger partial charge in [-0.3, -0.25) is 14.5 Å². The number of nitrogens with zero attached hydrogens (tertiary/aromatic N) is 1. The van der Waals surface area contributed by atoms with Crippen molar-refractivity contribution in [1.82, 2.24) is 4.98 Å². The smallest absolute Gasteiger partial charge is 0.232 e. The van der Waals surface area contributed by atoms with Crippen molar-refractivity contribution in [2.45, 2.75) is 13.3 Å². The summed E-state index contributed by atoms with van der Waals surface area (Å²) < 4.78 is 74.0. The SMILES string of the molecule is CCCS(=O)(=O)Nc1cc(F)c(F)c(C(=O)c2ccc3ncc(OC)cc3c2)c1F. The Morgan fingerprint density at radius 1 is 1.13 bits per heavy atom. The number of fused-ring (bicyclic) bond motifs is 1. The normalized spacial score (nSPS) is 11.5. The van der Waals surface area contributed by atoms with Crippen molar-refractivity contribution in [3.05, 3.63) is 65.1 Å². The molecule has 0 aliphatic carbocycles. The molecule has 6 nitrogen and oxygen atoms in total. The molecule has 2 aromatic carbocycles. The number of carbonyl (C=O) groups is 1. The van der Waals surface area contributed by atoms with Gasteiger partial charge in [0.15, 0.2) is 23.2 Å². The molecule has 0 spiro atoms. The Hall–Kier alpha value is -3.14. The molecule has 0 fully saturated rings. The van der Waals surface area contributed by atoms with Gasteiger partial charge in [-0.2, -0.15) is 0 Å². The zero-order valence-corrected chi connectivity index (χ0v) is 16.8. The number of halogens is 3. The lowest BCUT2D eigenvalue weighted by Crippen LogP contribution is -2.19. The fourth-order valence-corrected chi connectivity index (χ4v) is 4.00. The number of ketones is 1. The first kappa shape index (κ1) is 21.6. The van der Waals surface area contributed by atoms with Crippen LogP contribution in [-0.2, 0) is 10.0 Å². The topological polar surface area (TPSA) is 85.4 Å². The molecule has 1 heterocycles. The number of carbonyl (C=O) groups excluding carboxylic acids is 1. The van der Waals surface area contributed by atoms with Crippen molar-refractivity contribution in [2.75, 3.05) is 17.6 Å². The summed E-state index contributed by atoms with van der Waals surface area (Å²) in [4.78, 5) is 16.9. The van der Waals surface area contributed by atoms with E-state index in [0.29, 0.717) is 22.7 Å². The number of benzene rings is 2. The number of anilines is 1. The molecule has 0 atom stereocenters. The van der Waals surface area contributed by atoms with Crippen molar-refractivity contribution in [1.29, 1.82) is 0 Å². The zero-order valence-electron chi connectivity index (χ0n) is 16.0. The Balaban J connectivity index is 2.10. The van der Waals surface area contributed by atoms with Gasteiger partial charge >= 0.3 is 0 Å². The highest BCUT2D eigenvalue weighted by molar-refractivity contribution is 7.92. The number of sulfonamides is 1. The average molecular weight is 438 g/mol. The van der Waals surface area contributed by atoms with Crippen LogP contribution in [0.5, 0.6) is 5.75 Å². The number of hydrogen-bond acceptors (Lipinski definition) is 5. The summed E-state index contributed by atoms with van der Waals surface area (Å²) in [5.74, 6) is -5.86. The Morgan fingerprint density at radius 3 is 2.53 bits per heavy atom. The van der Waals surface area contributed by atoms with Gasteiger partial charge < -0.3 is 4.74 Å². The van der Waals surface area contributed by atoms with Gasteiger partial charge in [-0.05, 0) is 30.7 Å². The van der Waals surface area contributed by atoms with Gasteiger partial charge in [0.05, 0.1) is 35.8 Å². The van der Waals surface area contributed by atoms with Crippen LogP contribution in [-0.4, -0.2) is 32.0 Å². The summed E-state index contributed by atoms with van der Waals surface area (Å²) in [5.41, 5.74) is -1.67. The fraction of sp³-hybridized carbons (Fsp3) is 0.200. The van der Waals surface area contributed by atoms with Gasteiger partial charge in [0.2, 0.25) is 10.0 Å². The van der Waals surface area contributed by atoms with Gasteiger partial charge in [0.1, 0.15) is 5.75 Å². The number of aromatic nitrogens is 1. The van der Waals surface area contributed by atoms with E-state index in [4.69, 9.17) is 4.74 Å². The molecular formula is C20H17F3N2O4S. The third-order valence-corrected chi connectivity index (χ3v) is 5.75. The summed E-state index contributed by atoms with van der Waals surface area (Å²) in [7, 11) is -2.57. The summed E-state index contributed by atoms with van der Waals surface area (Å²) in [6.07, 6.45) is 1.69. The van der Waals surface area contributed by atoms with E-state index in [1.807, 2.05) is 4.72 Å². The Bertz CT molecular complexity index is 1250. The van der Waals surface area contributed by atoms with Gasteiger partial charge in [-0.15, -0.1) is 0 Å². The lowest BCUT2D eigenvalue weighted by molar-refractivity contribution is 0.103. The van der Waals surface area contributed by atoms with Gasteiger partial charge in [0, 0.05) is 17.0 Å². The van der Waals surface area contributed by atoms with E-state index < -0.39 is 44.5 Å². The molecular weight excluding hydrogens is 421 g/mol. The number of hydrogen-bond donors (Lipinski definition) is 1. The van der Waals surface area contributed by atoms with Crippen molar-refractivity contribution in [3.63, 3.8) is 0 Å². The first-order valence-corrected chi connectivity index (χ1v) is 10.5. The van der Waals surface area contributed by atoms with E-state index in [2.05, 4.69) is 4.98 Å². The average Bonchev–Trinajstić information content (AvgIpc) is 2.70. The summed E-state index contributed by atoms with van der Waals surface area (Å²) >= 11 is 0. The van der Waals surface area contributed by atoms with Crippen molar-refractivity contribution in [2.24, 2.45) is 0 Å². The maximum absolute atomic E-state index is 14.9. The van der Waals surface area contributed by atoms with E-state index in [-0.39, 0.29) is 17.7 Å². The molecule has 10 heteroatoms. The molecule has 0 aliphatic heterocycles. The van der Waals surface area contributed by atoms with Gasteiger partial charge in [-0.25, -0.2) is 21.6 Å². The molecule has 0 amide bonds. The molecule has 0 bridgehead atoms. The highest BCUT2D eigenvalue weighted by Gasteiger charge is 2.27. The van der Waals surface area contributed by atoms with Crippen LogP contribution in [0.15, 0.2) is 36.5 Å². The van der Waals surface area contributed by atoms with E-state index in [9.17, 15) is 26.4 Å². The lowest BCUT2D eigenvalue weighted by atomic mass is 9.99. The summed E-state index contributed by atoms with van der Waals surface area (Å²) in [6.45, 7) is 1.58. The molecule has 0 radical (unpaired) electrons. The van der Waals surface area contributed by atoms with Crippen LogP contribution in [0.1, 0.15) is 29.3 Å². The van der Waals surface area contributed by atoms with Crippen molar-refractivity contribution >= 4 is 32.4 Å². The van der Waals surface area contributed by atoms with Crippen LogP contribution in [0.2, 0.25) is 0 Å². The minimum atomic E-state index is -3.99. The Kier molecular flexibility index (Phi) is 5.97. The zero-order chi connectivity index (χ0) is 22.1. The second-order valence-electron chi connectivity index (χ2n) is 6.44. The molecule has 30 heavy (non-hydrogen) atoms. The van der Waals surface area contributed by atoms with E-state index >= 15 is 0 Å². The number of methoxy groups -OCH3 is 1.